The highest BCUT2D eigenvalue weighted by Gasteiger charge is 2.55. The molecule has 4 nitrogen and oxygen atoms in total. The molecule has 0 unspecified atom stereocenters. The zero-order valence-electron chi connectivity index (χ0n) is 18.2. The van der Waals surface area contributed by atoms with E-state index in [2.05, 4.69) is 0 Å². The minimum Gasteiger partial charge on any atom is -0.389 e. The van der Waals surface area contributed by atoms with Crippen LogP contribution in [0.25, 0.3) is 0 Å². The molecule has 0 saturated heterocycles. The van der Waals surface area contributed by atoms with E-state index in [0.29, 0.717) is 16.7 Å². The van der Waals surface area contributed by atoms with Gasteiger partial charge in [-0.25, -0.2) is 0 Å². The molecule has 0 radical (unpaired) electrons. The zero-order valence-corrected chi connectivity index (χ0v) is 18.2. The fourth-order valence-electron chi connectivity index (χ4n) is 4.84. The Bertz CT molecular complexity index is 1130. The van der Waals surface area contributed by atoms with Crippen molar-refractivity contribution in [2.75, 3.05) is 0 Å². The Labute approximate surface area is 187 Å². The first kappa shape index (κ1) is 21.8. The van der Waals surface area contributed by atoms with Gasteiger partial charge in [0.15, 0.2) is 11.6 Å². The van der Waals surface area contributed by atoms with Gasteiger partial charge >= 0.3 is 0 Å². The SMILES string of the molecule is Cc1ccc([C@@H]2[C@H](C(=O)c3ccccc3)C(=O)C[C@](C)(O)[C@@H]2C(=O)c2ccccc2)cc1. The Morgan fingerprint density at radius 2 is 1.31 bits per heavy atom. The Balaban J connectivity index is 1.89. The summed E-state index contributed by atoms with van der Waals surface area (Å²) in [5.41, 5.74) is 1.03. The molecule has 4 rings (SSSR count). The molecule has 3 aromatic rings. The number of hydrogen-bond acceptors (Lipinski definition) is 4. The van der Waals surface area contributed by atoms with E-state index < -0.39 is 23.4 Å². The number of Topliss-reactive ketones (excluding diaryl/α,β-unsaturated/α-hetero) is 3. The molecule has 0 aliphatic heterocycles. The average Bonchev–Trinajstić information content (AvgIpc) is 2.79. The van der Waals surface area contributed by atoms with Crippen LogP contribution < -0.4 is 0 Å². The summed E-state index contributed by atoms with van der Waals surface area (Å²) < 4.78 is 0. The molecule has 0 aromatic heterocycles. The van der Waals surface area contributed by atoms with Gasteiger partial charge in [-0.3, -0.25) is 14.4 Å². The minimum absolute atomic E-state index is 0.248. The van der Waals surface area contributed by atoms with Crippen LogP contribution in [0.15, 0.2) is 84.9 Å². The number of ketones is 3. The predicted octanol–water partition coefficient (Wildman–Crippen LogP) is 4.80. The Hall–Kier alpha value is -3.37. The van der Waals surface area contributed by atoms with Crippen LogP contribution in [0.5, 0.6) is 0 Å². The topological polar surface area (TPSA) is 71.4 Å². The van der Waals surface area contributed by atoms with Gasteiger partial charge in [-0.05, 0) is 19.4 Å². The lowest BCUT2D eigenvalue weighted by Gasteiger charge is -2.45. The van der Waals surface area contributed by atoms with Crippen LogP contribution in [0.4, 0.5) is 0 Å². The van der Waals surface area contributed by atoms with Crippen LogP contribution in [0.3, 0.4) is 0 Å². The van der Waals surface area contributed by atoms with Crippen molar-refractivity contribution in [1.82, 2.24) is 0 Å². The maximum atomic E-state index is 13.7. The highest BCUT2D eigenvalue weighted by Crippen LogP contribution is 2.48. The normalized spacial score (nSPS) is 25.3. The third-order valence-electron chi connectivity index (χ3n) is 6.41. The molecule has 0 spiro atoms. The van der Waals surface area contributed by atoms with Crippen molar-refractivity contribution in [1.29, 1.82) is 0 Å². The van der Waals surface area contributed by atoms with Crippen LogP contribution in [0, 0.1) is 18.8 Å². The van der Waals surface area contributed by atoms with Gasteiger partial charge < -0.3 is 5.11 Å². The minimum atomic E-state index is -1.58. The second-order valence-electron chi connectivity index (χ2n) is 8.85. The molecule has 4 heteroatoms. The second kappa shape index (κ2) is 8.64. The first-order chi connectivity index (χ1) is 15.3. The van der Waals surface area contributed by atoms with Crippen molar-refractivity contribution in [3.8, 4) is 0 Å². The highest BCUT2D eigenvalue weighted by molar-refractivity contribution is 6.13. The van der Waals surface area contributed by atoms with Gasteiger partial charge in [-0.15, -0.1) is 0 Å². The fraction of sp³-hybridized carbons (Fsp3) is 0.250. The number of benzene rings is 3. The van der Waals surface area contributed by atoms with E-state index in [9.17, 15) is 19.5 Å². The van der Waals surface area contributed by atoms with Gasteiger partial charge in [0.1, 0.15) is 5.78 Å². The van der Waals surface area contributed by atoms with Crippen molar-refractivity contribution in [3.05, 3.63) is 107 Å². The summed E-state index contributed by atoms with van der Waals surface area (Å²) in [7, 11) is 0. The summed E-state index contributed by atoms with van der Waals surface area (Å²) in [6.45, 7) is 3.48. The molecule has 32 heavy (non-hydrogen) atoms. The van der Waals surface area contributed by atoms with Crippen molar-refractivity contribution in [3.63, 3.8) is 0 Å². The molecule has 1 N–H and O–H groups in total. The first-order valence-electron chi connectivity index (χ1n) is 10.8. The van der Waals surface area contributed by atoms with E-state index in [1.807, 2.05) is 43.3 Å². The maximum absolute atomic E-state index is 13.7. The smallest absolute Gasteiger partial charge is 0.173 e. The van der Waals surface area contributed by atoms with E-state index >= 15 is 0 Å². The summed E-state index contributed by atoms with van der Waals surface area (Å²) in [5, 5.41) is 11.3. The third kappa shape index (κ3) is 4.06. The van der Waals surface area contributed by atoms with E-state index in [1.54, 1.807) is 48.5 Å². The number of carbonyl (C=O) groups is 3. The second-order valence-corrected chi connectivity index (χ2v) is 8.85. The zero-order chi connectivity index (χ0) is 22.9. The number of aliphatic hydroxyl groups is 1. The molecular formula is C28H26O4. The van der Waals surface area contributed by atoms with Crippen molar-refractivity contribution in [2.45, 2.75) is 31.8 Å². The summed E-state index contributed by atoms with van der Waals surface area (Å²) in [5.74, 6) is -3.68. The first-order valence-corrected chi connectivity index (χ1v) is 10.8. The standard InChI is InChI=1S/C28H26O4/c1-18-13-15-19(16-14-18)23-24(26(30)20-9-5-3-6-10-20)22(29)17-28(2,32)25(23)27(31)21-11-7-4-8-12-21/h3-16,23-25,32H,17H2,1-2H3/t23-,24-,25+,28+/m1/s1. The van der Waals surface area contributed by atoms with Gasteiger partial charge in [0.2, 0.25) is 0 Å². The van der Waals surface area contributed by atoms with Crippen LogP contribution in [-0.2, 0) is 4.79 Å². The molecule has 3 aromatic carbocycles. The molecule has 0 heterocycles. The van der Waals surface area contributed by atoms with E-state index in [1.165, 1.54) is 6.92 Å². The molecule has 1 saturated carbocycles. The van der Waals surface area contributed by atoms with Gasteiger partial charge in [-0.1, -0.05) is 90.5 Å². The van der Waals surface area contributed by atoms with Gasteiger partial charge in [-0.2, -0.15) is 0 Å². The van der Waals surface area contributed by atoms with E-state index in [-0.39, 0.29) is 23.8 Å². The molecule has 1 aliphatic rings. The summed E-state index contributed by atoms with van der Waals surface area (Å²) in [6, 6.07) is 24.9. The van der Waals surface area contributed by atoms with Crippen molar-refractivity contribution in [2.24, 2.45) is 11.8 Å². The van der Waals surface area contributed by atoms with Gasteiger partial charge in [0.25, 0.3) is 0 Å². The number of rotatable bonds is 5. The van der Waals surface area contributed by atoms with Crippen LogP contribution in [0.1, 0.15) is 51.1 Å². The fourth-order valence-corrected chi connectivity index (χ4v) is 4.84. The van der Waals surface area contributed by atoms with Crippen molar-refractivity contribution < 1.29 is 19.5 Å². The highest BCUT2D eigenvalue weighted by atomic mass is 16.3. The number of aryl methyl sites for hydroxylation is 1. The van der Waals surface area contributed by atoms with Gasteiger partial charge in [0.05, 0.1) is 17.4 Å². The van der Waals surface area contributed by atoms with Gasteiger partial charge in [0, 0.05) is 23.5 Å². The average molecular weight is 427 g/mol. The van der Waals surface area contributed by atoms with E-state index in [4.69, 9.17) is 0 Å². The predicted molar refractivity (Wildman–Crippen MR) is 123 cm³/mol. The van der Waals surface area contributed by atoms with Crippen LogP contribution in [-0.4, -0.2) is 28.1 Å². The lowest BCUT2D eigenvalue weighted by atomic mass is 9.58. The number of carbonyl (C=O) groups excluding carboxylic acids is 3. The Kier molecular flexibility index (Phi) is 5.90. The molecular weight excluding hydrogens is 400 g/mol. The molecule has 0 amide bonds. The summed E-state index contributed by atoms with van der Waals surface area (Å²) in [6.07, 6.45) is -0.248. The molecule has 162 valence electrons. The lowest BCUT2D eigenvalue weighted by Crippen LogP contribution is -2.54. The monoisotopic (exact) mass is 426 g/mol. The number of hydrogen-bond donors (Lipinski definition) is 1. The van der Waals surface area contributed by atoms with Crippen molar-refractivity contribution >= 4 is 17.3 Å². The van der Waals surface area contributed by atoms with E-state index in [0.717, 1.165) is 5.56 Å². The lowest BCUT2D eigenvalue weighted by molar-refractivity contribution is -0.134. The Morgan fingerprint density at radius 3 is 1.84 bits per heavy atom. The molecule has 1 aliphatic carbocycles. The summed E-state index contributed by atoms with van der Waals surface area (Å²) in [4.78, 5) is 40.5. The molecule has 1 fully saturated rings. The quantitative estimate of drug-likeness (QED) is 0.470. The molecule has 0 bridgehead atoms. The summed E-state index contributed by atoms with van der Waals surface area (Å²) >= 11 is 0. The molecule has 4 atom stereocenters. The maximum Gasteiger partial charge on any atom is 0.173 e. The third-order valence-corrected chi connectivity index (χ3v) is 6.41. The Morgan fingerprint density at radius 1 is 0.812 bits per heavy atom. The largest absolute Gasteiger partial charge is 0.389 e. The van der Waals surface area contributed by atoms with Crippen LogP contribution >= 0.6 is 0 Å². The van der Waals surface area contributed by atoms with Crippen LogP contribution in [0.2, 0.25) is 0 Å².